The standard InChI is InChI=1S/C13H13N4O2S/c18-17(19)12-8-6-11(7-9-12)15-16-13(20)14-10-4-2-1-3-5-10/h1-9,15,18H,(H2,14,16,20)/q-1. The second kappa shape index (κ2) is 6.71. The number of rotatable bonds is 4. The van der Waals surface area contributed by atoms with Crippen molar-refractivity contribution in [3.8, 4) is 0 Å². The third kappa shape index (κ3) is 4.09. The molecule has 0 heterocycles. The normalized spacial score (nSPS) is 9.70. The minimum absolute atomic E-state index is 0.153. The van der Waals surface area contributed by atoms with Gasteiger partial charge in [-0.15, -0.1) is 0 Å². The minimum atomic E-state index is -0.196. The first-order chi connectivity index (χ1) is 9.65. The molecule has 0 aliphatic rings. The Labute approximate surface area is 121 Å². The van der Waals surface area contributed by atoms with Crippen molar-refractivity contribution >= 4 is 34.4 Å². The molecule has 0 amide bonds. The molecule has 0 atom stereocenters. The lowest BCUT2D eigenvalue weighted by Gasteiger charge is -2.21. The first-order valence-corrected chi connectivity index (χ1v) is 6.20. The summed E-state index contributed by atoms with van der Waals surface area (Å²) < 4.78 is 0. The fourth-order valence-electron chi connectivity index (χ4n) is 1.49. The van der Waals surface area contributed by atoms with E-state index in [1.807, 2.05) is 30.3 Å². The van der Waals surface area contributed by atoms with E-state index in [-0.39, 0.29) is 10.9 Å². The van der Waals surface area contributed by atoms with Gasteiger partial charge in [0.2, 0.25) is 0 Å². The zero-order chi connectivity index (χ0) is 14.4. The third-order valence-corrected chi connectivity index (χ3v) is 2.64. The van der Waals surface area contributed by atoms with Crippen LogP contribution >= 0.6 is 12.2 Å². The van der Waals surface area contributed by atoms with Gasteiger partial charge in [-0.3, -0.25) is 16.1 Å². The second-order valence-corrected chi connectivity index (χ2v) is 4.30. The molecule has 6 nitrogen and oxygen atoms in total. The highest BCUT2D eigenvalue weighted by atomic mass is 32.1. The fraction of sp³-hybridized carbons (Fsp3) is 0. The highest BCUT2D eigenvalue weighted by molar-refractivity contribution is 7.80. The lowest BCUT2D eigenvalue weighted by atomic mass is 10.3. The van der Waals surface area contributed by atoms with Crippen LogP contribution in [0.2, 0.25) is 0 Å². The summed E-state index contributed by atoms with van der Waals surface area (Å²) in [6.07, 6.45) is 0. The summed E-state index contributed by atoms with van der Waals surface area (Å²) in [6.45, 7) is 0. The lowest BCUT2D eigenvalue weighted by molar-refractivity contribution is 0.296. The molecule has 2 rings (SSSR count). The topological polar surface area (TPSA) is 82.6 Å². The van der Waals surface area contributed by atoms with Crippen LogP contribution in [0.1, 0.15) is 0 Å². The van der Waals surface area contributed by atoms with E-state index in [0.717, 1.165) is 5.69 Å². The minimum Gasteiger partial charge on any atom is -0.733 e. The van der Waals surface area contributed by atoms with Crippen molar-refractivity contribution in [2.24, 2.45) is 0 Å². The van der Waals surface area contributed by atoms with Crippen molar-refractivity contribution in [2.45, 2.75) is 0 Å². The van der Waals surface area contributed by atoms with Crippen molar-refractivity contribution in [1.29, 1.82) is 0 Å². The van der Waals surface area contributed by atoms with Gasteiger partial charge in [-0.2, -0.15) is 0 Å². The van der Waals surface area contributed by atoms with E-state index < -0.39 is 0 Å². The van der Waals surface area contributed by atoms with Gasteiger partial charge in [-0.1, -0.05) is 18.2 Å². The average molecular weight is 289 g/mol. The van der Waals surface area contributed by atoms with Crippen LogP contribution in [0.15, 0.2) is 54.6 Å². The van der Waals surface area contributed by atoms with E-state index in [1.54, 1.807) is 12.1 Å². The molecule has 2 aromatic rings. The molecule has 0 fully saturated rings. The van der Waals surface area contributed by atoms with Gasteiger partial charge in [-0.25, -0.2) is 0 Å². The number of hydrogen-bond acceptors (Lipinski definition) is 5. The number of nitrogens with one attached hydrogen (secondary N) is 3. The predicted octanol–water partition coefficient (Wildman–Crippen LogP) is 2.69. The van der Waals surface area contributed by atoms with Crippen molar-refractivity contribution in [1.82, 2.24) is 5.43 Å². The highest BCUT2D eigenvalue weighted by Gasteiger charge is 1.97. The SMILES string of the molecule is [O-]N(O)c1ccc(NNC(=S)Nc2ccccc2)cc1. The van der Waals surface area contributed by atoms with Crippen molar-refractivity contribution in [3.05, 3.63) is 59.8 Å². The van der Waals surface area contributed by atoms with E-state index in [0.29, 0.717) is 10.8 Å². The smallest absolute Gasteiger partial charge is 0.189 e. The number of anilines is 3. The molecule has 0 radical (unpaired) electrons. The fourth-order valence-corrected chi connectivity index (χ4v) is 1.65. The Morgan fingerprint density at radius 1 is 1.00 bits per heavy atom. The van der Waals surface area contributed by atoms with Crippen LogP contribution in [-0.4, -0.2) is 10.3 Å². The Balaban J connectivity index is 1.84. The molecule has 0 saturated heterocycles. The van der Waals surface area contributed by atoms with E-state index in [1.165, 1.54) is 12.1 Å². The quantitative estimate of drug-likeness (QED) is 0.509. The van der Waals surface area contributed by atoms with Gasteiger partial charge in [0, 0.05) is 5.69 Å². The van der Waals surface area contributed by atoms with Crippen molar-refractivity contribution < 1.29 is 5.21 Å². The van der Waals surface area contributed by atoms with Crippen molar-refractivity contribution in [2.75, 3.05) is 16.0 Å². The summed E-state index contributed by atoms with van der Waals surface area (Å²) >= 11 is 5.12. The summed E-state index contributed by atoms with van der Waals surface area (Å²) in [4.78, 5) is 0. The third-order valence-electron chi connectivity index (χ3n) is 2.44. The van der Waals surface area contributed by atoms with Crippen LogP contribution in [0.25, 0.3) is 0 Å². The van der Waals surface area contributed by atoms with Gasteiger partial charge in [0.15, 0.2) is 5.11 Å². The predicted molar refractivity (Wildman–Crippen MR) is 83.5 cm³/mol. The van der Waals surface area contributed by atoms with Gasteiger partial charge in [0.05, 0.1) is 11.4 Å². The van der Waals surface area contributed by atoms with Gasteiger partial charge < -0.3 is 15.8 Å². The van der Waals surface area contributed by atoms with E-state index in [4.69, 9.17) is 17.4 Å². The molecule has 0 aliphatic carbocycles. The zero-order valence-electron chi connectivity index (χ0n) is 10.4. The van der Waals surface area contributed by atoms with Gasteiger partial charge >= 0.3 is 0 Å². The molecule has 0 aliphatic heterocycles. The molecule has 7 heteroatoms. The van der Waals surface area contributed by atoms with E-state index >= 15 is 0 Å². The molecular weight excluding hydrogens is 276 g/mol. The second-order valence-electron chi connectivity index (χ2n) is 3.89. The first-order valence-electron chi connectivity index (χ1n) is 5.79. The molecule has 0 bridgehead atoms. The van der Waals surface area contributed by atoms with E-state index in [2.05, 4.69) is 16.2 Å². The molecule has 0 aromatic heterocycles. The molecule has 4 N–H and O–H groups in total. The summed E-state index contributed by atoms with van der Waals surface area (Å²) in [5.41, 5.74) is 7.42. The van der Waals surface area contributed by atoms with Crippen LogP contribution < -0.4 is 21.4 Å². The van der Waals surface area contributed by atoms with Crippen LogP contribution in [0.5, 0.6) is 0 Å². The Bertz CT molecular complexity index is 560. The van der Waals surface area contributed by atoms with Crippen molar-refractivity contribution in [3.63, 3.8) is 0 Å². The van der Waals surface area contributed by atoms with E-state index in [9.17, 15) is 5.21 Å². The summed E-state index contributed by atoms with van der Waals surface area (Å²) in [5.74, 6) is 0. The molecule has 20 heavy (non-hydrogen) atoms. The Hall–Kier alpha value is -2.35. The number of nitrogens with zero attached hydrogens (tertiary/aromatic N) is 1. The van der Waals surface area contributed by atoms with Crippen LogP contribution in [0, 0.1) is 5.21 Å². The Morgan fingerprint density at radius 3 is 2.25 bits per heavy atom. The summed E-state index contributed by atoms with van der Waals surface area (Å²) in [7, 11) is 0. The number of benzene rings is 2. The maximum atomic E-state index is 10.6. The number of thiocarbonyl (C=S) groups is 1. The Morgan fingerprint density at radius 2 is 1.65 bits per heavy atom. The lowest BCUT2D eigenvalue weighted by Crippen LogP contribution is -2.33. The molecule has 0 spiro atoms. The highest BCUT2D eigenvalue weighted by Crippen LogP contribution is 2.15. The molecule has 2 aromatic carbocycles. The van der Waals surface area contributed by atoms with Crippen LogP contribution in [0.3, 0.4) is 0 Å². The van der Waals surface area contributed by atoms with Gasteiger partial charge in [0.1, 0.15) is 0 Å². The average Bonchev–Trinajstić information content (AvgIpc) is 2.46. The summed E-state index contributed by atoms with van der Waals surface area (Å²) in [6, 6.07) is 15.7. The summed E-state index contributed by atoms with van der Waals surface area (Å²) in [5, 5.41) is 22.6. The molecule has 104 valence electrons. The molecule has 0 unspecified atom stereocenters. The number of para-hydroxylation sites is 1. The molecular formula is C13H13N4O2S-. The van der Waals surface area contributed by atoms with Crippen LogP contribution in [0.4, 0.5) is 17.1 Å². The largest absolute Gasteiger partial charge is 0.733 e. The first kappa shape index (κ1) is 14.1. The van der Waals surface area contributed by atoms with Gasteiger partial charge in [-0.05, 0) is 48.6 Å². The zero-order valence-corrected chi connectivity index (χ0v) is 11.2. The monoisotopic (exact) mass is 289 g/mol. The molecule has 0 saturated carbocycles. The maximum absolute atomic E-state index is 10.6. The van der Waals surface area contributed by atoms with Gasteiger partial charge in [0.25, 0.3) is 0 Å². The maximum Gasteiger partial charge on any atom is 0.189 e. The van der Waals surface area contributed by atoms with Crippen LogP contribution in [-0.2, 0) is 0 Å². The number of hydrogen-bond donors (Lipinski definition) is 4. The Kier molecular flexibility index (Phi) is 4.72. The number of hydrazine groups is 1.